The molecule has 1 N–H and O–H groups in total. The number of hydrogen-bond donors (Lipinski definition) is 1. The van der Waals surface area contributed by atoms with Gasteiger partial charge in [0.25, 0.3) is 0 Å². The van der Waals surface area contributed by atoms with Crippen molar-refractivity contribution in [3.05, 3.63) is 11.6 Å². The van der Waals surface area contributed by atoms with E-state index in [-0.39, 0.29) is 6.10 Å². The lowest BCUT2D eigenvalue weighted by molar-refractivity contribution is -0.130. The third-order valence-electron chi connectivity index (χ3n) is 9.98. The Morgan fingerprint density at radius 2 is 1.83 bits per heavy atom. The summed E-state index contributed by atoms with van der Waals surface area (Å²) in [5.74, 6) is 4.72. The van der Waals surface area contributed by atoms with Crippen molar-refractivity contribution < 1.29 is 5.11 Å². The monoisotopic (exact) mass is 328 g/mol. The molecule has 1 heteroatoms. The average Bonchev–Trinajstić information content (AvgIpc) is 2.96. The number of hydrogen-bond acceptors (Lipinski definition) is 1. The molecule has 8 atom stereocenters. The van der Waals surface area contributed by atoms with E-state index < -0.39 is 0 Å². The first-order chi connectivity index (χ1) is 11.5. The number of rotatable bonds is 0. The second-order valence-corrected chi connectivity index (χ2v) is 10.5. The first kappa shape index (κ1) is 15.9. The van der Waals surface area contributed by atoms with Gasteiger partial charge in [-0.15, -0.1) is 0 Å². The molecule has 5 aliphatic rings. The van der Waals surface area contributed by atoms with E-state index in [4.69, 9.17) is 0 Å². The van der Waals surface area contributed by atoms with E-state index in [1.54, 1.807) is 5.57 Å². The summed E-state index contributed by atoms with van der Waals surface area (Å²) in [7, 11) is 0. The molecule has 0 radical (unpaired) electrons. The van der Waals surface area contributed by atoms with Crippen molar-refractivity contribution in [2.45, 2.75) is 90.6 Å². The van der Waals surface area contributed by atoms with Gasteiger partial charge in [0.15, 0.2) is 0 Å². The predicted molar refractivity (Wildman–Crippen MR) is 98.5 cm³/mol. The van der Waals surface area contributed by atoms with Gasteiger partial charge < -0.3 is 5.11 Å². The Hall–Kier alpha value is -0.300. The number of aliphatic hydroxyl groups is 1. The normalized spacial score (nSPS) is 56.5. The molecule has 1 spiro atoms. The van der Waals surface area contributed by atoms with Crippen molar-refractivity contribution in [1.82, 2.24) is 0 Å². The van der Waals surface area contributed by atoms with Crippen LogP contribution in [0.3, 0.4) is 0 Å². The largest absolute Gasteiger partial charge is 0.393 e. The summed E-state index contributed by atoms with van der Waals surface area (Å²) in [5, 5.41) is 10.2. The summed E-state index contributed by atoms with van der Waals surface area (Å²) in [5.41, 5.74) is 2.97. The molecule has 4 saturated carbocycles. The minimum Gasteiger partial charge on any atom is -0.393 e. The number of allylic oxidation sites excluding steroid dienone is 2. The SMILES string of the molecule is CC1=CCCC23CCC4C(CC[C@H]5C[C@H](O)CC[C@]45C)C2CCC13. The third-order valence-corrected chi connectivity index (χ3v) is 9.98. The lowest BCUT2D eigenvalue weighted by Crippen LogP contribution is -2.54. The zero-order valence-electron chi connectivity index (χ0n) is 15.8. The Bertz CT molecular complexity index is 550. The number of fused-ring (bicyclic) bond motifs is 4. The summed E-state index contributed by atoms with van der Waals surface area (Å²) >= 11 is 0. The maximum absolute atomic E-state index is 10.2. The summed E-state index contributed by atoms with van der Waals surface area (Å²) in [6, 6.07) is 0. The Morgan fingerprint density at radius 3 is 2.71 bits per heavy atom. The van der Waals surface area contributed by atoms with Crippen molar-refractivity contribution in [3.63, 3.8) is 0 Å². The lowest BCUT2D eigenvalue weighted by Gasteiger charge is -2.62. The molecular formula is C23H36O. The van der Waals surface area contributed by atoms with Crippen LogP contribution < -0.4 is 0 Å². The standard InChI is InChI=1S/C23H36O/c1-15-4-3-11-23-13-10-20-18(21(23)8-7-19(15)23)6-5-16-14-17(24)9-12-22(16,20)2/h4,16-21,24H,3,5-14H2,1-2H3/t16-,17+,18?,19?,20?,21?,22-,23?/m0/s1. The third kappa shape index (κ3) is 1.97. The van der Waals surface area contributed by atoms with Gasteiger partial charge in [0, 0.05) is 0 Å². The molecule has 0 saturated heterocycles. The molecule has 0 amide bonds. The Kier molecular flexibility index (Phi) is 3.55. The van der Waals surface area contributed by atoms with Crippen molar-refractivity contribution in [1.29, 1.82) is 0 Å². The second-order valence-electron chi connectivity index (χ2n) is 10.5. The maximum atomic E-state index is 10.2. The van der Waals surface area contributed by atoms with Crippen LogP contribution in [0.1, 0.15) is 84.5 Å². The van der Waals surface area contributed by atoms with E-state index in [0.29, 0.717) is 10.8 Å². The fraction of sp³-hybridized carbons (Fsp3) is 0.913. The molecule has 5 unspecified atom stereocenters. The van der Waals surface area contributed by atoms with Crippen LogP contribution in [0.2, 0.25) is 0 Å². The van der Waals surface area contributed by atoms with Crippen LogP contribution in [0.4, 0.5) is 0 Å². The van der Waals surface area contributed by atoms with Gasteiger partial charge in [-0.1, -0.05) is 18.6 Å². The Labute approximate surface area is 148 Å². The molecular weight excluding hydrogens is 292 g/mol. The predicted octanol–water partition coefficient (Wildman–Crippen LogP) is 5.73. The van der Waals surface area contributed by atoms with Crippen molar-refractivity contribution in [2.75, 3.05) is 0 Å². The van der Waals surface area contributed by atoms with Crippen LogP contribution >= 0.6 is 0 Å². The second kappa shape index (κ2) is 5.35. The van der Waals surface area contributed by atoms with Crippen molar-refractivity contribution in [3.8, 4) is 0 Å². The van der Waals surface area contributed by atoms with Crippen LogP contribution in [-0.4, -0.2) is 11.2 Å². The van der Waals surface area contributed by atoms with E-state index in [2.05, 4.69) is 19.9 Å². The highest BCUT2D eigenvalue weighted by Crippen LogP contribution is 2.70. The molecule has 4 fully saturated rings. The molecule has 5 rings (SSSR count). The molecule has 134 valence electrons. The Morgan fingerprint density at radius 1 is 0.958 bits per heavy atom. The minimum atomic E-state index is -0.00319. The molecule has 0 aromatic heterocycles. The minimum absolute atomic E-state index is 0.00319. The fourth-order valence-corrected chi connectivity index (χ4v) is 8.92. The van der Waals surface area contributed by atoms with E-state index in [1.807, 2.05) is 0 Å². The molecule has 5 aliphatic carbocycles. The highest BCUT2D eigenvalue weighted by Gasteiger charge is 2.61. The highest BCUT2D eigenvalue weighted by atomic mass is 16.3. The fourth-order valence-electron chi connectivity index (χ4n) is 8.92. The van der Waals surface area contributed by atoms with E-state index in [9.17, 15) is 5.11 Å². The molecule has 1 nitrogen and oxygen atoms in total. The summed E-state index contributed by atoms with van der Waals surface area (Å²) in [6.45, 7) is 5.05. The summed E-state index contributed by atoms with van der Waals surface area (Å²) < 4.78 is 0. The quantitative estimate of drug-likeness (QED) is 0.563. The van der Waals surface area contributed by atoms with Crippen LogP contribution in [0, 0.1) is 40.4 Å². The summed E-state index contributed by atoms with van der Waals surface area (Å²) in [6.07, 6.45) is 17.7. The Balaban J connectivity index is 1.46. The zero-order valence-corrected chi connectivity index (χ0v) is 15.8. The van der Waals surface area contributed by atoms with Crippen molar-refractivity contribution in [2.24, 2.45) is 40.4 Å². The summed E-state index contributed by atoms with van der Waals surface area (Å²) in [4.78, 5) is 0. The van der Waals surface area contributed by atoms with Crippen LogP contribution in [-0.2, 0) is 0 Å². The molecule has 0 aromatic carbocycles. The maximum Gasteiger partial charge on any atom is 0.0543 e. The van der Waals surface area contributed by atoms with Crippen LogP contribution in [0.15, 0.2) is 11.6 Å². The van der Waals surface area contributed by atoms with Crippen LogP contribution in [0.25, 0.3) is 0 Å². The lowest BCUT2D eigenvalue weighted by atomic mass is 9.43. The van der Waals surface area contributed by atoms with Gasteiger partial charge in [-0.05, 0) is 118 Å². The molecule has 24 heavy (non-hydrogen) atoms. The first-order valence-corrected chi connectivity index (χ1v) is 10.9. The number of aliphatic hydroxyl groups excluding tert-OH is 1. The van der Waals surface area contributed by atoms with Gasteiger partial charge in [-0.3, -0.25) is 0 Å². The van der Waals surface area contributed by atoms with Gasteiger partial charge in [0.1, 0.15) is 0 Å². The van der Waals surface area contributed by atoms with Gasteiger partial charge >= 0.3 is 0 Å². The molecule has 0 heterocycles. The molecule has 0 aromatic rings. The zero-order chi connectivity index (χ0) is 16.5. The van der Waals surface area contributed by atoms with Crippen LogP contribution in [0.5, 0.6) is 0 Å². The average molecular weight is 329 g/mol. The van der Waals surface area contributed by atoms with E-state index in [1.165, 1.54) is 57.8 Å². The topological polar surface area (TPSA) is 20.2 Å². The van der Waals surface area contributed by atoms with Crippen molar-refractivity contribution >= 4 is 0 Å². The molecule has 0 bridgehead atoms. The first-order valence-electron chi connectivity index (χ1n) is 10.9. The molecule has 0 aliphatic heterocycles. The van der Waals surface area contributed by atoms with Gasteiger partial charge in [0.2, 0.25) is 0 Å². The van der Waals surface area contributed by atoms with Gasteiger partial charge in [-0.25, -0.2) is 0 Å². The van der Waals surface area contributed by atoms with E-state index >= 15 is 0 Å². The van der Waals surface area contributed by atoms with Gasteiger partial charge in [0.05, 0.1) is 6.10 Å². The highest BCUT2D eigenvalue weighted by molar-refractivity contribution is 5.21. The smallest absolute Gasteiger partial charge is 0.0543 e. The van der Waals surface area contributed by atoms with E-state index in [0.717, 1.165) is 42.4 Å². The van der Waals surface area contributed by atoms with Gasteiger partial charge in [-0.2, -0.15) is 0 Å².